The van der Waals surface area contributed by atoms with Gasteiger partial charge in [0, 0.05) is 99.4 Å². The highest BCUT2D eigenvalue weighted by molar-refractivity contribution is 5.87. The van der Waals surface area contributed by atoms with Gasteiger partial charge in [0.05, 0.1) is 55.9 Å². The quantitative estimate of drug-likeness (QED) is 0.0419. The summed E-state index contributed by atoms with van der Waals surface area (Å²) < 4.78 is 72.9. The van der Waals surface area contributed by atoms with Crippen LogP contribution in [0.1, 0.15) is 193 Å². The fraction of sp³-hybridized carbons (Fsp3) is 0.802. The lowest BCUT2D eigenvalue weighted by Crippen LogP contribution is -2.58. The van der Waals surface area contributed by atoms with Crippen molar-refractivity contribution in [1.29, 1.82) is 0 Å². The SMILES string of the molecule is CO[C@@H]1[C@H](OC(=O)N[C@@H](C(=O)N2CCC(N3CCCC3)CC2)C(C)C)CC[C@]2(CO2)[C@H]1[C@@]1(C)O[C@@H]1CC=C(C)C.CO[C@@H]1[C@H](OC(=O)N[C@@H](C(=O)N2CCN(C)CC2)C(C)C)CC[C@]2(CO2)[C@H]1[C@@]1(C)O[C@@H]1CC=C(C)C.CO[C@@H]1[C@H](OC(=O)N[C@@H](C(=O)N2CCN(Cc3ccccc3)CC2)C(C)C)CC[C@]2(CO2)[C@H]1[C@@]1(C)O[C@@H]1CC=C(C)C. The summed E-state index contributed by atoms with van der Waals surface area (Å²) in [7, 11) is 7.06. The van der Waals surface area contributed by atoms with Gasteiger partial charge in [0.2, 0.25) is 17.7 Å². The maximum absolute atomic E-state index is 13.6. The van der Waals surface area contributed by atoms with Gasteiger partial charge in [-0.15, -0.1) is 0 Å². The summed E-state index contributed by atoms with van der Waals surface area (Å²) in [6.45, 7) is 43.3. The Bertz CT molecular complexity index is 3660. The number of allylic oxidation sites excluding steroid dienone is 3. The molecule has 0 aromatic heterocycles. The van der Waals surface area contributed by atoms with Crippen LogP contribution < -0.4 is 16.0 Å². The minimum Gasteiger partial charge on any atom is -0.443 e. The first-order valence-corrected chi connectivity index (χ1v) is 44.5. The summed E-state index contributed by atoms with van der Waals surface area (Å²) in [4.78, 5) is 92.7. The van der Waals surface area contributed by atoms with Crippen LogP contribution >= 0.6 is 0 Å². The molecule has 27 nitrogen and oxygen atoms in total. The summed E-state index contributed by atoms with van der Waals surface area (Å²) in [5.74, 6) is -0.427. The number of hydrogen-bond acceptors (Lipinski definition) is 21. The number of piperazine rings is 2. The van der Waals surface area contributed by atoms with Crippen molar-refractivity contribution in [1.82, 2.24) is 45.3 Å². The Morgan fingerprint density at radius 2 is 0.763 bits per heavy atom. The maximum atomic E-state index is 13.6. The van der Waals surface area contributed by atoms with Crippen LogP contribution in [-0.4, -0.2) is 305 Å². The molecule has 3 spiro atoms. The second kappa shape index (κ2) is 38.5. The molecule has 118 heavy (non-hydrogen) atoms. The summed E-state index contributed by atoms with van der Waals surface area (Å²) in [6, 6.07) is 9.05. The van der Waals surface area contributed by atoms with Crippen molar-refractivity contribution in [3.63, 3.8) is 0 Å². The van der Waals surface area contributed by atoms with Gasteiger partial charge in [0.25, 0.3) is 0 Å². The molecular weight excluding hydrogens is 1510 g/mol. The average molecular weight is 1650 g/mol. The van der Waals surface area contributed by atoms with Gasteiger partial charge in [-0.1, -0.05) is 107 Å². The molecule has 1 aromatic rings. The Labute approximate surface area is 703 Å². The molecule has 10 saturated heterocycles. The van der Waals surface area contributed by atoms with Crippen molar-refractivity contribution in [2.45, 2.75) is 307 Å². The molecule has 10 heterocycles. The molecule has 0 bridgehead atoms. The molecule has 13 aliphatic rings. The van der Waals surface area contributed by atoms with Gasteiger partial charge in [0.1, 0.15) is 88.4 Å². The predicted octanol–water partition coefficient (Wildman–Crippen LogP) is 10.6. The van der Waals surface area contributed by atoms with Crippen molar-refractivity contribution in [2.75, 3.05) is 127 Å². The van der Waals surface area contributed by atoms with Crippen LogP contribution in [-0.2, 0) is 77.8 Å². The Hall–Kier alpha value is -5.82. The van der Waals surface area contributed by atoms with E-state index in [1.54, 1.807) is 21.3 Å². The van der Waals surface area contributed by atoms with E-state index < -0.39 is 60.3 Å². The van der Waals surface area contributed by atoms with E-state index >= 15 is 0 Å². The van der Waals surface area contributed by atoms with Crippen LogP contribution in [0, 0.1) is 35.5 Å². The van der Waals surface area contributed by atoms with Gasteiger partial charge in [-0.3, -0.25) is 19.3 Å². The number of hydrogen-bond donors (Lipinski definition) is 3. The van der Waals surface area contributed by atoms with Crippen LogP contribution in [0.3, 0.4) is 0 Å². The highest BCUT2D eigenvalue weighted by Crippen LogP contribution is 2.63. The summed E-state index contributed by atoms with van der Waals surface area (Å²) in [5.41, 5.74) is 3.05. The van der Waals surface area contributed by atoms with Gasteiger partial charge in [-0.05, 0) is 189 Å². The van der Waals surface area contributed by atoms with Gasteiger partial charge in [-0.25, -0.2) is 14.4 Å². The molecule has 27 heteroatoms. The van der Waals surface area contributed by atoms with Gasteiger partial charge in [-0.2, -0.15) is 0 Å². The number of carbonyl (C=O) groups is 6. The average Bonchev–Trinajstić information content (AvgIpc) is 1.54. The van der Waals surface area contributed by atoms with Crippen LogP contribution in [0.2, 0.25) is 0 Å². The summed E-state index contributed by atoms with van der Waals surface area (Å²) in [5, 5.41) is 8.71. The summed E-state index contributed by atoms with van der Waals surface area (Å²) >= 11 is 0. The fourth-order valence-electron chi connectivity index (χ4n) is 20.8. The lowest BCUT2D eigenvalue weighted by atomic mass is 9.68. The second-order valence-corrected chi connectivity index (χ2v) is 38.6. The molecule has 3 aliphatic carbocycles. The van der Waals surface area contributed by atoms with E-state index in [-0.39, 0.29) is 118 Å². The van der Waals surface area contributed by atoms with E-state index in [0.717, 1.165) is 97.2 Å². The molecular formula is C91H145N9O18. The number of nitrogens with zero attached hydrogens (tertiary/aromatic N) is 6. The van der Waals surface area contributed by atoms with Crippen molar-refractivity contribution in [2.24, 2.45) is 35.5 Å². The zero-order chi connectivity index (χ0) is 85.0. The minimum absolute atomic E-state index is 0.0111. The molecule has 0 radical (unpaired) electrons. The molecule has 0 unspecified atom stereocenters. The van der Waals surface area contributed by atoms with Crippen LogP contribution in [0.25, 0.3) is 0 Å². The Balaban J connectivity index is 0.000000163. The standard InChI is InChI=1S/C33H49N3O6.C31H51N3O6.C27H45N3O6/c1-22(2)12-13-26-32(5,42-26)29-28(39-6)25(14-15-33(29)21-40-33)41-31(38)34-27(23(3)4)30(37)36-18-16-35(17-19-36)20-24-10-8-7-9-11-24;1-20(2)9-10-24-30(5,40-24)27-26(37-6)23(11-14-31(27)19-38-31)39-29(36)32-25(21(3)4)28(35)34-17-12-22(13-18-34)33-15-7-8-16-33;1-17(2)8-9-20-26(5,36-20)23-22(33-7)19(10-11-27(23)16-34-27)35-25(32)28-21(18(3)4)24(31)30-14-12-29(6)13-15-30/h7-12,23,25-29H,13-21H2,1-6H3,(H,34,38);9,21-27H,7-8,10-19H2,1-6H3,(H,32,36);8,18-23H,9-16H2,1-7H3,(H,28,32)/t25-,26-,27-,28-,29-,32+,33+;23-,24-,25-,26-,27-,30+,31+;19-,20-,21-,22-,23-,26+,27+/m111/s1. The monoisotopic (exact) mass is 1650 g/mol. The third kappa shape index (κ3) is 21.3. The van der Waals surface area contributed by atoms with E-state index in [1.807, 2.05) is 62.3 Å². The molecule has 662 valence electrons. The smallest absolute Gasteiger partial charge is 0.408 e. The van der Waals surface area contributed by atoms with Crippen LogP contribution in [0.4, 0.5) is 14.4 Å². The number of rotatable bonds is 27. The molecule has 13 fully saturated rings. The second-order valence-electron chi connectivity index (χ2n) is 38.6. The van der Waals surface area contributed by atoms with E-state index in [0.29, 0.717) is 71.3 Å². The number of alkyl carbamates (subject to hydrolysis) is 3. The molecule has 21 atom stereocenters. The zero-order valence-corrected chi connectivity index (χ0v) is 74.6. The van der Waals surface area contributed by atoms with E-state index in [9.17, 15) is 28.8 Å². The van der Waals surface area contributed by atoms with Crippen LogP contribution in [0.5, 0.6) is 0 Å². The van der Waals surface area contributed by atoms with Gasteiger partial charge in [0.15, 0.2) is 0 Å². The first kappa shape index (κ1) is 91.4. The van der Waals surface area contributed by atoms with E-state index in [2.05, 4.69) is 143 Å². The topological polar surface area (TPSA) is 289 Å². The number of nitrogens with one attached hydrogen (secondary N) is 3. The molecule has 3 saturated carbocycles. The Kier molecular flexibility index (Phi) is 29.8. The normalized spacial score (nSPS) is 35.6. The van der Waals surface area contributed by atoms with Crippen molar-refractivity contribution < 1.29 is 85.6 Å². The number of ether oxygens (including phenoxy) is 12. The largest absolute Gasteiger partial charge is 0.443 e. The molecule has 14 rings (SSSR count). The number of amides is 6. The molecule has 3 N–H and O–H groups in total. The van der Waals surface area contributed by atoms with E-state index in [1.165, 1.54) is 48.2 Å². The zero-order valence-electron chi connectivity index (χ0n) is 74.6. The maximum Gasteiger partial charge on any atom is 0.408 e. The van der Waals surface area contributed by atoms with Crippen LogP contribution in [0.15, 0.2) is 65.3 Å². The molecule has 10 aliphatic heterocycles. The Morgan fingerprint density at radius 3 is 1.06 bits per heavy atom. The lowest BCUT2D eigenvalue weighted by Gasteiger charge is -2.43. The highest BCUT2D eigenvalue weighted by atomic mass is 16.7. The van der Waals surface area contributed by atoms with Gasteiger partial charge >= 0.3 is 18.3 Å². The van der Waals surface area contributed by atoms with E-state index in [4.69, 9.17) is 56.8 Å². The summed E-state index contributed by atoms with van der Waals surface area (Å²) in [6.07, 6.45) is 14.2. The number of likely N-dealkylation sites (N-methyl/N-ethyl adjacent to an activating group) is 1. The first-order valence-electron chi connectivity index (χ1n) is 44.5. The molecule has 1 aromatic carbocycles. The number of carbonyl (C=O) groups excluding carboxylic acids is 6. The molecule has 6 amide bonds. The number of epoxide rings is 6. The number of piperidine rings is 1. The predicted molar refractivity (Wildman–Crippen MR) is 447 cm³/mol. The first-order chi connectivity index (χ1) is 56.1. The third-order valence-electron chi connectivity index (χ3n) is 28.3. The minimum atomic E-state index is -0.658. The van der Waals surface area contributed by atoms with Crippen molar-refractivity contribution in [3.8, 4) is 0 Å². The number of likely N-dealkylation sites (tertiary alicyclic amines) is 2. The Morgan fingerprint density at radius 1 is 0.449 bits per heavy atom. The number of methoxy groups -OCH3 is 3. The highest BCUT2D eigenvalue weighted by Gasteiger charge is 2.75. The third-order valence-corrected chi connectivity index (χ3v) is 28.3. The number of benzene rings is 1. The lowest BCUT2D eigenvalue weighted by molar-refractivity contribution is -0.137. The fourth-order valence-corrected chi connectivity index (χ4v) is 20.8. The van der Waals surface area contributed by atoms with Gasteiger partial charge < -0.3 is 97.3 Å². The van der Waals surface area contributed by atoms with Crippen molar-refractivity contribution >= 4 is 36.0 Å². The van der Waals surface area contributed by atoms with Crippen molar-refractivity contribution in [3.05, 3.63) is 70.8 Å².